The number of hydrogen-bond acceptors (Lipinski definition) is 3. The number of carbonyl (C=O) groups is 2. The van der Waals surface area contributed by atoms with Crippen molar-refractivity contribution in [3.63, 3.8) is 0 Å². The second kappa shape index (κ2) is 5.12. The maximum atomic E-state index is 13.0. The largest absolute Gasteiger partial charge is 0.480 e. The first-order chi connectivity index (χ1) is 8.21. The summed E-state index contributed by atoms with van der Waals surface area (Å²) in [6, 6.07) is 2.34. The number of carboxylic acid groups (broad SMARTS) is 1. The number of pyridine rings is 1. The Morgan fingerprint density at radius 1 is 1.44 bits per heavy atom. The SMILES string of the molecule is CC(C)(C)N(CC(=O)O)C(=O)c1ccnc(F)c1. The van der Waals surface area contributed by atoms with E-state index in [1.54, 1.807) is 20.8 Å². The van der Waals surface area contributed by atoms with Gasteiger partial charge in [-0.15, -0.1) is 0 Å². The van der Waals surface area contributed by atoms with Crippen LogP contribution in [0.3, 0.4) is 0 Å². The first-order valence-electron chi connectivity index (χ1n) is 5.37. The average molecular weight is 254 g/mol. The number of rotatable bonds is 3. The highest BCUT2D eigenvalue weighted by Gasteiger charge is 2.29. The molecule has 6 heteroatoms. The zero-order valence-electron chi connectivity index (χ0n) is 10.5. The molecule has 1 rings (SSSR count). The molecule has 0 radical (unpaired) electrons. The van der Waals surface area contributed by atoms with Crippen LogP contribution in [0.15, 0.2) is 18.3 Å². The molecule has 0 saturated carbocycles. The number of nitrogens with zero attached hydrogens (tertiary/aromatic N) is 2. The van der Waals surface area contributed by atoms with Crippen LogP contribution in [0.5, 0.6) is 0 Å². The molecule has 1 aromatic heterocycles. The Morgan fingerprint density at radius 3 is 2.50 bits per heavy atom. The highest BCUT2D eigenvalue weighted by atomic mass is 19.1. The molecule has 0 saturated heterocycles. The fourth-order valence-electron chi connectivity index (χ4n) is 1.44. The van der Waals surface area contributed by atoms with Crippen molar-refractivity contribution in [2.45, 2.75) is 26.3 Å². The summed E-state index contributed by atoms with van der Waals surface area (Å²) in [6.45, 7) is 4.70. The Labute approximate surface area is 104 Å². The summed E-state index contributed by atoms with van der Waals surface area (Å²) in [6.07, 6.45) is 1.17. The quantitative estimate of drug-likeness (QED) is 0.831. The van der Waals surface area contributed by atoms with Crippen molar-refractivity contribution >= 4 is 11.9 Å². The Hall–Kier alpha value is -1.98. The lowest BCUT2D eigenvalue weighted by Gasteiger charge is -2.34. The zero-order chi connectivity index (χ0) is 13.9. The van der Waals surface area contributed by atoms with Crippen LogP contribution in [0.4, 0.5) is 4.39 Å². The number of carboxylic acids is 1. The van der Waals surface area contributed by atoms with Crippen molar-refractivity contribution in [3.05, 3.63) is 29.8 Å². The van der Waals surface area contributed by atoms with Crippen molar-refractivity contribution in [3.8, 4) is 0 Å². The van der Waals surface area contributed by atoms with Crippen LogP contribution < -0.4 is 0 Å². The molecule has 18 heavy (non-hydrogen) atoms. The van der Waals surface area contributed by atoms with Crippen LogP contribution in [-0.2, 0) is 4.79 Å². The highest BCUT2D eigenvalue weighted by molar-refractivity contribution is 5.96. The van der Waals surface area contributed by atoms with Crippen LogP contribution in [0, 0.1) is 5.95 Å². The van der Waals surface area contributed by atoms with Gasteiger partial charge in [-0.1, -0.05) is 0 Å². The number of aromatic nitrogens is 1. The Balaban J connectivity index is 3.06. The van der Waals surface area contributed by atoms with E-state index in [-0.39, 0.29) is 5.56 Å². The first-order valence-corrected chi connectivity index (χ1v) is 5.37. The number of carbonyl (C=O) groups excluding carboxylic acids is 1. The Kier molecular flexibility index (Phi) is 4.00. The monoisotopic (exact) mass is 254 g/mol. The topological polar surface area (TPSA) is 70.5 Å². The van der Waals surface area contributed by atoms with Gasteiger partial charge in [0.2, 0.25) is 5.95 Å². The predicted octanol–water partition coefficient (Wildman–Crippen LogP) is 1.55. The molecular weight excluding hydrogens is 239 g/mol. The molecule has 0 unspecified atom stereocenters. The lowest BCUT2D eigenvalue weighted by molar-refractivity contribution is -0.138. The van der Waals surface area contributed by atoms with Crippen molar-refractivity contribution in [1.82, 2.24) is 9.88 Å². The smallest absolute Gasteiger partial charge is 0.323 e. The van der Waals surface area contributed by atoms with Crippen molar-refractivity contribution in [2.24, 2.45) is 0 Å². The molecule has 0 bridgehead atoms. The molecule has 0 fully saturated rings. The fourth-order valence-corrected chi connectivity index (χ4v) is 1.44. The minimum atomic E-state index is -1.12. The number of aliphatic carboxylic acids is 1. The molecule has 0 atom stereocenters. The number of amides is 1. The molecule has 1 heterocycles. The van der Waals surface area contributed by atoms with E-state index < -0.39 is 29.9 Å². The maximum Gasteiger partial charge on any atom is 0.323 e. The maximum absolute atomic E-state index is 13.0. The molecule has 0 aromatic carbocycles. The molecule has 5 nitrogen and oxygen atoms in total. The third-order valence-corrected chi connectivity index (χ3v) is 2.32. The zero-order valence-corrected chi connectivity index (χ0v) is 10.5. The van der Waals surface area contributed by atoms with Gasteiger partial charge in [0, 0.05) is 23.4 Å². The molecule has 1 amide bonds. The van der Waals surface area contributed by atoms with Crippen molar-refractivity contribution < 1.29 is 19.1 Å². The van der Waals surface area contributed by atoms with E-state index >= 15 is 0 Å². The van der Waals surface area contributed by atoms with Crippen LogP contribution in [0.25, 0.3) is 0 Å². The van der Waals surface area contributed by atoms with Gasteiger partial charge in [-0.2, -0.15) is 4.39 Å². The molecule has 0 aliphatic rings. The molecule has 0 aliphatic carbocycles. The van der Waals surface area contributed by atoms with Gasteiger partial charge >= 0.3 is 5.97 Å². The van der Waals surface area contributed by atoms with E-state index in [1.165, 1.54) is 17.2 Å². The fraction of sp³-hybridized carbons (Fsp3) is 0.417. The van der Waals surface area contributed by atoms with E-state index in [9.17, 15) is 14.0 Å². The molecule has 0 spiro atoms. The van der Waals surface area contributed by atoms with Gasteiger partial charge in [0.05, 0.1) is 0 Å². The van der Waals surface area contributed by atoms with Gasteiger partial charge in [-0.05, 0) is 26.8 Å². The molecule has 1 aromatic rings. The van der Waals surface area contributed by atoms with E-state index in [0.29, 0.717) is 0 Å². The lowest BCUT2D eigenvalue weighted by Crippen LogP contribution is -2.48. The highest BCUT2D eigenvalue weighted by Crippen LogP contribution is 2.17. The Bertz CT molecular complexity index is 469. The van der Waals surface area contributed by atoms with E-state index in [2.05, 4.69) is 4.98 Å². The van der Waals surface area contributed by atoms with E-state index in [4.69, 9.17) is 5.11 Å². The average Bonchev–Trinajstić information content (AvgIpc) is 2.23. The normalized spacial score (nSPS) is 11.1. The molecule has 98 valence electrons. The standard InChI is InChI=1S/C12H15FN2O3/c1-12(2,3)15(7-10(16)17)11(18)8-4-5-14-9(13)6-8/h4-6H,7H2,1-3H3,(H,16,17). The second-order valence-electron chi connectivity index (χ2n) is 4.82. The van der Waals surface area contributed by atoms with Crippen LogP contribution in [-0.4, -0.2) is 39.0 Å². The number of hydrogen-bond donors (Lipinski definition) is 1. The van der Waals surface area contributed by atoms with E-state index in [1.807, 2.05) is 0 Å². The van der Waals surface area contributed by atoms with Gasteiger partial charge in [-0.3, -0.25) is 9.59 Å². The summed E-state index contributed by atoms with van der Waals surface area (Å²) in [5, 5.41) is 8.82. The van der Waals surface area contributed by atoms with Gasteiger partial charge < -0.3 is 10.0 Å². The predicted molar refractivity (Wildman–Crippen MR) is 62.6 cm³/mol. The summed E-state index contributed by atoms with van der Waals surface area (Å²) in [7, 11) is 0. The molecular formula is C12H15FN2O3. The third-order valence-electron chi connectivity index (χ3n) is 2.32. The van der Waals surface area contributed by atoms with Crippen molar-refractivity contribution in [2.75, 3.05) is 6.54 Å². The van der Waals surface area contributed by atoms with E-state index in [0.717, 1.165) is 6.07 Å². The third kappa shape index (κ3) is 3.51. The van der Waals surface area contributed by atoms with Crippen molar-refractivity contribution in [1.29, 1.82) is 0 Å². The van der Waals surface area contributed by atoms with Crippen LogP contribution >= 0.6 is 0 Å². The summed E-state index contributed by atoms with van der Waals surface area (Å²) in [5.41, 5.74) is -0.589. The summed E-state index contributed by atoms with van der Waals surface area (Å²) >= 11 is 0. The van der Waals surface area contributed by atoms with Crippen LogP contribution in [0.2, 0.25) is 0 Å². The summed E-state index contributed by atoms with van der Waals surface area (Å²) in [4.78, 5) is 27.4. The molecule has 1 N–H and O–H groups in total. The summed E-state index contributed by atoms with van der Waals surface area (Å²) in [5.74, 6) is -2.43. The second-order valence-corrected chi connectivity index (χ2v) is 4.82. The lowest BCUT2D eigenvalue weighted by atomic mass is 10.0. The Morgan fingerprint density at radius 2 is 2.06 bits per heavy atom. The number of halogens is 1. The van der Waals surface area contributed by atoms with Gasteiger partial charge in [-0.25, -0.2) is 4.98 Å². The van der Waals surface area contributed by atoms with Gasteiger partial charge in [0.25, 0.3) is 5.91 Å². The van der Waals surface area contributed by atoms with Gasteiger partial charge in [0.15, 0.2) is 0 Å². The minimum Gasteiger partial charge on any atom is -0.480 e. The van der Waals surface area contributed by atoms with Gasteiger partial charge in [0.1, 0.15) is 6.54 Å². The minimum absolute atomic E-state index is 0.0821. The molecule has 0 aliphatic heterocycles. The summed E-state index contributed by atoms with van der Waals surface area (Å²) < 4.78 is 13.0. The first kappa shape index (κ1) is 14.1. The van der Waals surface area contributed by atoms with Crippen LogP contribution in [0.1, 0.15) is 31.1 Å².